The van der Waals surface area contributed by atoms with Crippen LogP contribution >= 0.6 is 0 Å². The number of ketones is 1. The molecule has 1 aromatic carbocycles. The van der Waals surface area contributed by atoms with E-state index in [4.69, 9.17) is 14.2 Å². The molecule has 7 heteroatoms. The summed E-state index contributed by atoms with van der Waals surface area (Å²) in [5, 5.41) is 0. The van der Waals surface area contributed by atoms with Crippen molar-refractivity contribution in [1.29, 1.82) is 0 Å². The van der Waals surface area contributed by atoms with Gasteiger partial charge in [-0.3, -0.25) is 9.59 Å². The first kappa shape index (κ1) is 23.7. The molecule has 0 spiro atoms. The number of esters is 1. The minimum atomic E-state index is -0.636. The monoisotopic (exact) mass is 419 g/mol. The summed E-state index contributed by atoms with van der Waals surface area (Å²) in [4.78, 5) is 39.2. The first-order chi connectivity index (χ1) is 14.0. The van der Waals surface area contributed by atoms with Gasteiger partial charge in [-0.15, -0.1) is 0 Å². The van der Waals surface area contributed by atoms with Crippen LogP contribution < -0.4 is 9.47 Å². The third kappa shape index (κ3) is 5.52. The summed E-state index contributed by atoms with van der Waals surface area (Å²) in [6.45, 7) is 11.9. The van der Waals surface area contributed by atoms with Crippen molar-refractivity contribution in [2.45, 2.75) is 71.9 Å². The van der Waals surface area contributed by atoms with E-state index >= 15 is 0 Å². The van der Waals surface area contributed by atoms with Gasteiger partial charge in [-0.25, -0.2) is 4.79 Å². The quantitative estimate of drug-likeness (QED) is 0.597. The van der Waals surface area contributed by atoms with Crippen molar-refractivity contribution in [3.05, 3.63) is 23.8 Å². The smallest absolute Gasteiger partial charge is 0.338 e. The highest BCUT2D eigenvalue weighted by atomic mass is 16.5. The van der Waals surface area contributed by atoms with Crippen molar-refractivity contribution in [2.75, 3.05) is 19.8 Å². The molecule has 0 bridgehead atoms. The second-order valence-corrected chi connectivity index (χ2v) is 8.77. The number of benzene rings is 1. The van der Waals surface area contributed by atoms with Gasteiger partial charge >= 0.3 is 5.97 Å². The van der Waals surface area contributed by atoms with E-state index in [9.17, 15) is 14.4 Å². The molecular weight excluding hydrogens is 386 g/mol. The van der Waals surface area contributed by atoms with Crippen LogP contribution in [0.3, 0.4) is 0 Å². The highest BCUT2D eigenvalue weighted by Crippen LogP contribution is 2.36. The van der Waals surface area contributed by atoms with E-state index in [2.05, 4.69) is 0 Å². The Morgan fingerprint density at radius 2 is 1.63 bits per heavy atom. The first-order valence-electron chi connectivity index (χ1n) is 10.4. The number of amides is 1. The first-order valence-corrected chi connectivity index (χ1v) is 10.4. The van der Waals surface area contributed by atoms with Gasteiger partial charge in [0, 0.05) is 23.9 Å². The van der Waals surface area contributed by atoms with Crippen LogP contribution in [0.5, 0.6) is 11.5 Å². The molecule has 0 saturated carbocycles. The molecule has 1 aliphatic heterocycles. The molecule has 166 valence electrons. The largest absolute Gasteiger partial charge is 0.490 e. The van der Waals surface area contributed by atoms with Crippen LogP contribution in [-0.4, -0.2) is 53.5 Å². The molecule has 0 aromatic heterocycles. The SMILES string of the molecule is CCCOc1ccc(C(=O)OCC(=O)N2C(C)(C)CC(=O)CC2(C)C)cc1OCC. The maximum atomic E-state index is 12.9. The molecule has 1 aliphatic rings. The number of carbonyl (C=O) groups excluding carboxylic acids is 3. The third-order valence-electron chi connectivity index (χ3n) is 4.99. The number of rotatable bonds is 8. The van der Waals surface area contributed by atoms with Gasteiger partial charge in [-0.1, -0.05) is 6.92 Å². The minimum absolute atomic E-state index is 0.125. The molecule has 30 heavy (non-hydrogen) atoms. The van der Waals surface area contributed by atoms with Gasteiger partial charge in [-0.2, -0.15) is 0 Å². The Hall–Kier alpha value is -2.57. The Labute approximate surface area is 178 Å². The van der Waals surface area contributed by atoms with Gasteiger partial charge in [0.15, 0.2) is 18.1 Å². The number of ether oxygens (including phenoxy) is 3. The van der Waals surface area contributed by atoms with Crippen LogP contribution in [0.1, 0.15) is 71.2 Å². The molecule has 2 rings (SSSR count). The van der Waals surface area contributed by atoms with E-state index in [1.165, 1.54) is 0 Å². The lowest BCUT2D eigenvalue weighted by atomic mass is 9.79. The van der Waals surface area contributed by atoms with E-state index in [0.717, 1.165) is 6.42 Å². The van der Waals surface area contributed by atoms with Gasteiger partial charge in [0.25, 0.3) is 5.91 Å². The molecule has 0 unspecified atom stereocenters. The van der Waals surface area contributed by atoms with Crippen LogP contribution in [0.2, 0.25) is 0 Å². The maximum Gasteiger partial charge on any atom is 0.338 e. The molecule has 1 heterocycles. The summed E-state index contributed by atoms with van der Waals surface area (Å²) in [6.07, 6.45) is 1.42. The standard InChI is InChI=1S/C23H33NO6/c1-7-11-29-18-10-9-16(12-19(18)28-8-2)21(27)30-15-20(26)24-22(3,4)13-17(25)14-23(24,5)6/h9-10,12H,7-8,11,13-15H2,1-6H3. The predicted octanol–water partition coefficient (Wildman–Crippen LogP) is 3.78. The van der Waals surface area contributed by atoms with E-state index in [1.807, 2.05) is 41.5 Å². The molecule has 1 aromatic rings. The fourth-order valence-electron chi connectivity index (χ4n) is 4.19. The summed E-state index contributed by atoms with van der Waals surface area (Å²) in [6, 6.07) is 4.82. The fourth-order valence-corrected chi connectivity index (χ4v) is 4.19. The van der Waals surface area contributed by atoms with E-state index in [1.54, 1.807) is 23.1 Å². The second-order valence-electron chi connectivity index (χ2n) is 8.77. The highest BCUT2D eigenvalue weighted by Gasteiger charge is 2.47. The molecule has 0 aliphatic carbocycles. The van der Waals surface area contributed by atoms with Crippen LogP contribution in [0.15, 0.2) is 18.2 Å². The average molecular weight is 420 g/mol. The number of carbonyl (C=O) groups is 3. The maximum absolute atomic E-state index is 12.9. The Kier molecular flexibility index (Phi) is 7.50. The lowest BCUT2D eigenvalue weighted by Crippen LogP contribution is -2.63. The molecule has 0 atom stereocenters. The van der Waals surface area contributed by atoms with Crippen molar-refractivity contribution in [3.8, 4) is 11.5 Å². The van der Waals surface area contributed by atoms with Crippen molar-refractivity contribution in [2.24, 2.45) is 0 Å². The lowest BCUT2D eigenvalue weighted by Gasteiger charge is -2.51. The highest BCUT2D eigenvalue weighted by molar-refractivity contribution is 5.93. The van der Waals surface area contributed by atoms with Crippen LogP contribution in [-0.2, 0) is 14.3 Å². The number of hydrogen-bond donors (Lipinski definition) is 0. The van der Waals surface area contributed by atoms with Crippen LogP contribution in [0, 0.1) is 0 Å². The summed E-state index contributed by atoms with van der Waals surface area (Å²) in [5.74, 6) is 0.213. The van der Waals surface area contributed by atoms with E-state index in [0.29, 0.717) is 24.7 Å². The summed E-state index contributed by atoms with van der Waals surface area (Å²) in [5.41, 5.74) is -0.992. The zero-order chi connectivity index (χ0) is 22.5. The number of nitrogens with zero attached hydrogens (tertiary/aromatic N) is 1. The molecule has 7 nitrogen and oxygen atoms in total. The van der Waals surface area contributed by atoms with Gasteiger partial charge in [0.05, 0.1) is 18.8 Å². The number of hydrogen-bond acceptors (Lipinski definition) is 6. The van der Waals surface area contributed by atoms with Crippen molar-refractivity contribution in [1.82, 2.24) is 4.90 Å². The molecule has 0 N–H and O–H groups in total. The average Bonchev–Trinajstić information content (AvgIpc) is 2.62. The van der Waals surface area contributed by atoms with Gasteiger partial charge in [-0.05, 0) is 59.2 Å². The Bertz CT molecular complexity index is 779. The Morgan fingerprint density at radius 3 is 2.20 bits per heavy atom. The van der Waals surface area contributed by atoms with Gasteiger partial charge in [0.2, 0.25) is 0 Å². The normalized spacial score (nSPS) is 17.4. The topological polar surface area (TPSA) is 82.1 Å². The summed E-state index contributed by atoms with van der Waals surface area (Å²) in [7, 11) is 0. The molecule has 1 fully saturated rings. The molecule has 1 saturated heterocycles. The van der Waals surface area contributed by atoms with Crippen LogP contribution in [0.4, 0.5) is 0 Å². The van der Waals surface area contributed by atoms with Gasteiger partial charge in [0.1, 0.15) is 5.78 Å². The Morgan fingerprint density at radius 1 is 1.00 bits per heavy atom. The number of piperidine rings is 1. The Balaban J connectivity index is 2.10. The van der Waals surface area contributed by atoms with Crippen molar-refractivity contribution >= 4 is 17.7 Å². The second kappa shape index (κ2) is 9.49. The molecular formula is C23H33NO6. The summed E-state index contributed by atoms with van der Waals surface area (Å²) >= 11 is 0. The van der Waals surface area contributed by atoms with Gasteiger partial charge < -0.3 is 19.1 Å². The predicted molar refractivity (Wildman–Crippen MR) is 113 cm³/mol. The third-order valence-corrected chi connectivity index (χ3v) is 4.99. The number of Topliss-reactive ketones (excluding diaryl/α,β-unsaturated/α-hetero) is 1. The number of likely N-dealkylation sites (tertiary alicyclic amines) is 1. The molecule has 1 amide bonds. The minimum Gasteiger partial charge on any atom is -0.490 e. The zero-order valence-electron chi connectivity index (χ0n) is 18.9. The van der Waals surface area contributed by atoms with Crippen molar-refractivity contribution in [3.63, 3.8) is 0 Å². The van der Waals surface area contributed by atoms with Crippen LogP contribution in [0.25, 0.3) is 0 Å². The van der Waals surface area contributed by atoms with Crippen molar-refractivity contribution < 1.29 is 28.6 Å². The lowest BCUT2D eigenvalue weighted by molar-refractivity contribution is -0.156. The molecule has 0 radical (unpaired) electrons. The fraction of sp³-hybridized carbons (Fsp3) is 0.609. The summed E-state index contributed by atoms with van der Waals surface area (Å²) < 4.78 is 16.5. The van der Waals surface area contributed by atoms with E-state index < -0.39 is 23.7 Å². The zero-order valence-corrected chi connectivity index (χ0v) is 18.9. The van der Waals surface area contributed by atoms with E-state index in [-0.39, 0.29) is 30.1 Å².